The molecule has 0 radical (unpaired) electrons. The summed E-state index contributed by atoms with van der Waals surface area (Å²) in [4.78, 5) is 18.6. The van der Waals surface area contributed by atoms with Crippen molar-refractivity contribution in [3.8, 4) is 0 Å². The number of nitrogens with one attached hydrogen (secondary N) is 1. The standard InChI is InChI=1S/C15H21N5O3/c1-4-22-15(21)12-7-16-18-13(12)11-5-6-20(8-11)9(2)14-17-10(3)23-19-14/h7,9,11H,4-6,8H2,1-3H3,(H,16,18). The quantitative estimate of drug-likeness (QED) is 0.840. The summed E-state index contributed by atoms with van der Waals surface area (Å²) in [6.45, 7) is 7.71. The van der Waals surface area contributed by atoms with E-state index in [1.54, 1.807) is 20.0 Å². The second kappa shape index (κ2) is 6.49. The van der Waals surface area contributed by atoms with Crippen LogP contribution in [-0.4, -0.2) is 50.9 Å². The van der Waals surface area contributed by atoms with Gasteiger partial charge in [0.05, 0.1) is 24.5 Å². The lowest BCUT2D eigenvalue weighted by atomic mass is 10.0. The second-order valence-corrected chi connectivity index (χ2v) is 5.75. The summed E-state index contributed by atoms with van der Waals surface area (Å²) in [5.41, 5.74) is 1.38. The van der Waals surface area contributed by atoms with E-state index in [-0.39, 0.29) is 17.9 Å². The fourth-order valence-corrected chi connectivity index (χ4v) is 3.00. The molecule has 0 aromatic carbocycles. The monoisotopic (exact) mass is 319 g/mol. The first kappa shape index (κ1) is 15.7. The molecule has 0 bridgehead atoms. The molecule has 1 fully saturated rings. The maximum atomic E-state index is 12.0. The van der Waals surface area contributed by atoms with Crippen LogP contribution in [0, 0.1) is 6.92 Å². The average molecular weight is 319 g/mol. The third kappa shape index (κ3) is 3.12. The fourth-order valence-electron chi connectivity index (χ4n) is 3.00. The minimum absolute atomic E-state index is 0.0754. The first-order valence-corrected chi connectivity index (χ1v) is 7.84. The van der Waals surface area contributed by atoms with E-state index in [4.69, 9.17) is 9.26 Å². The number of hydrogen-bond donors (Lipinski definition) is 1. The van der Waals surface area contributed by atoms with Gasteiger partial charge in [0, 0.05) is 19.4 Å². The lowest BCUT2D eigenvalue weighted by Crippen LogP contribution is -2.25. The lowest BCUT2D eigenvalue weighted by Gasteiger charge is -2.21. The van der Waals surface area contributed by atoms with Crippen molar-refractivity contribution in [1.29, 1.82) is 0 Å². The highest BCUT2D eigenvalue weighted by atomic mass is 16.5. The van der Waals surface area contributed by atoms with Crippen LogP contribution in [0.1, 0.15) is 60.0 Å². The van der Waals surface area contributed by atoms with Crippen LogP contribution in [0.15, 0.2) is 10.7 Å². The van der Waals surface area contributed by atoms with Crippen LogP contribution < -0.4 is 0 Å². The zero-order chi connectivity index (χ0) is 16.4. The van der Waals surface area contributed by atoms with Crippen LogP contribution in [0.5, 0.6) is 0 Å². The van der Waals surface area contributed by atoms with Gasteiger partial charge in [-0.15, -0.1) is 0 Å². The number of hydrogen-bond acceptors (Lipinski definition) is 7. The van der Waals surface area contributed by atoms with Crippen LogP contribution in [0.2, 0.25) is 0 Å². The van der Waals surface area contributed by atoms with Crippen LogP contribution in [0.4, 0.5) is 0 Å². The van der Waals surface area contributed by atoms with Crippen molar-refractivity contribution in [3.63, 3.8) is 0 Å². The number of esters is 1. The first-order chi connectivity index (χ1) is 11.1. The molecule has 8 heteroatoms. The van der Waals surface area contributed by atoms with Gasteiger partial charge >= 0.3 is 5.97 Å². The second-order valence-electron chi connectivity index (χ2n) is 5.75. The normalized spacial score (nSPS) is 19.9. The van der Waals surface area contributed by atoms with Crippen molar-refractivity contribution >= 4 is 5.97 Å². The van der Waals surface area contributed by atoms with Gasteiger partial charge in [0.25, 0.3) is 0 Å². The maximum absolute atomic E-state index is 12.0. The molecule has 2 aromatic heterocycles. The Morgan fingerprint density at radius 1 is 1.61 bits per heavy atom. The minimum Gasteiger partial charge on any atom is -0.462 e. The molecule has 0 amide bonds. The van der Waals surface area contributed by atoms with Crippen molar-refractivity contribution in [3.05, 3.63) is 29.2 Å². The van der Waals surface area contributed by atoms with Gasteiger partial charge in [0.2, 0.25) is 5.89 Å². The van der Waals surface area contributed by atoms with Gasteiger partial charge in [-0.2, -0.15) is 10.1 Å². The molecule has 3 heterocycles. The Kier molecular flexibility index (Phi) is 4.42. The predicted molar refractivity (Wildman–Crippen MR) is 80.9 cm³/mol. The summed E-state index contributed by atoms with van der Waals surface area (Å²) < 4.78 is 10.1. The molecule has 2 aromatic rings. The first-order valence-electron chi connectivity index (χ1n) is 7.84. The summed E-state index contributed by atoms with van der Waals surface area (Å²) in [5.74, 6) is 1.16. The third-order valence-electron chi connectivity index (χ3n) is 4.26. The number of aryl methyl sites for hydroxylation is 1. The summed E-state index contributed by atoms with van der Waals surface area (Å²) in [6, 6.07) is 0.0754. The SMILES string of the molecule is CCOC(=O)c1cn[nH]c1C1CCN(C(C)c2noc(C)n2)C1. The fraction of sp³-hybridized carbons (Fsp3) is 0.600. The highest BCUT2D eigenvalue weighted by Gasteiger charge is 2.33. The third-order valence-corrected chi connectivity index (χ3v) is 4.26. The molecular formula is C15H21N5O3. The van der Waals surface area contributed by atoms with Crippen molar-refractivity contribution in [2.45, 2.75) is 39.2 Å². The van der Waals surface area contributed by atoms with Crippen molar-refractivity contribution in [1.82, 2.24) is 25.2 Å². The Morgan fingerprint density at radius 2 is 2.43 bits per heavy atom. The van der Waals surface area contributed by atoms with Crippen LogP contribution in [-0.2, 0) is 4.74 Å². The molecule has 23 heavy (non-hydrogen) atoms. The molecule has 1 aliphatic heterocycles. The van der Waals surface area contributed by atoms with Gasteiger partial charge in [0.1, 0.15) is 5.56 Å². The number of nitrogens with zero attached hydrogens (tertiary/aromatic N) is 4. The molecule has 0 saturated carbocycles. The minimum atomic E-state index is -0.323. The number of ether oxygens (including phenoxy) is 1. The van der Waals surface area contributed by atoms with Gasteiger partial charge in [-0.05, 0) is 26.8 Å². The highest BCUT2D eigenvalue weighted by molar-refractivity contribution is 5.90. The van der Waals surface area contributed by atoms with Gasteiger partial charge in [-0.25, -0.2) is 4.79 Å². The van der Waals surface area contributed by atoms with Crippen LogP contribution in [0.3, 0.4) is 0 Å². The smallest absolute Gasteiger partial charge is 0.341 e. The Balaban J connectivity index is 1.71. The van der Waals surface area contributed by atoms with E-state index in [1.165, 1.54) is 0 Å². The predicted octanol–water partition coefficient (Wildman–Crippen LogP) is 1.83. The van der Waals surface area contributed by atoms with Crippen molar-refractivity contribution in [2.75, 3.05) is 19.7 Å². The van der Waals surface area contributed by atoms with Gasteiger partial charge < -0.3 is 9.26 Å². The molecule has 1 aliphatic rings. The van der Waals surface area contributed by atoms with E-state index in [0.29, 0.717) is 23.9 Å². The lowest BCUT2D eigenvalue weighted by molar-refractivity contribution is 0.0524. The number of H-pyrrole nitrogens is 1. The number of rotatable bonds is 5. The molecule has 0 aliphatic carbocycles. The molecule has 2 atom stereocenters. The topological polar surface area (TPSA) is 97.1 Å². The number of carbonyl (C=O) groups excluding carboxylic acids is 1. The van der Waals surface area contributed by atoms with Gasteiger partial charge in [0.15, 0.2) is 5.82 Å². The van der Waals surface area contributed by atoms with Gasteiger partial charge in [-0.1, -0.05) is 5.16 Å². The van der Waals surface area contributed by atoms with Gasteiger partial charge in [-0.3, -0.25) is 10.00 Å². The number of aromatic nitrogens is 4. The van der Waals surface area contributed by atoms with Crippen molar-refractivity contribution in [2.24, 2.45) is 0 Å². The number of likely N-dealkylation sites (tertiary alicyclic amines) is 1. The van der Waals surface area contributed by atoms with Crippen molar-refractivity contribution < 1.29 is 14.1 Å². The zero-order valence-corrected chi connectivity index (χ0v) is 13.6. The molecule has 3 rings (SSSR count). The summed E-state index contributed by atoms with van der Waals surface area (Å²) in [5, 5.41) is 11.0. The summed E-state index contributed by atoms with van der Waals surface area (Å²) in [7, 11) is 0. The van der Waals surface area contributed by atoms with E-state index in [0.717, 1.165) is 25.2 Å². The van der Waals surface area contributed by atoms with E-state index in [2.05, 4.69) is 32.2 Å². The molecule has 8 nitrogen and oxygen atoms in total. The number of carbonyl (C=O) groups is 1. The summed E-state index contributed by atoms with van der Waals surface area (Å²) >= 11 is 0. The number of aromatic amines is 1. The van der Waals surface area contributed by atoms with E-state index >= 15 is 0 Å². The van der Waals surface area contributed by atoms with E-state index in [1.807, 2.05) is 0 Å². The molecule has 0 spiro atoms. The summed E-state index contributed by atoms with van der Waals surface area (Å²) in [6.07, 6.45) is 2.48. The Morgan fingerprint density at radius 3 is 3.13 bits per heavy atom. The molecule has 1 N–H and O–H groups in total. The van der Waals surface area contributed by atoms with Crippen LogP contribution in [0.25, 0.3) is 0 Å². The molecular weight excluding hydrogens is 298 g/mol. The van der Waals surface area contributed by atoms with E-state index < -0.39 is 0 Å². The molecule has 124 valence electrons. The average Bonchev–Trinajstić information content (AvgIpc) is 3.26. The Hall–Kier alpha value is -2.22. The van der Waals surface area contributed by atoms with E-state index in [9.17, 15) is 4.79 Å². The molecule has 1 saturated heterocycles. The highest BCUT2D eigenvalue weighted by Crippen LogP contribution is 2.32. The molecule has 2 unspecified atom stereocenters. The largest absolute Gasteiger partial charge is 0.462 e. The van der Waals surface area contributed by atoms with Crippen LogP contribution >= 0.6 is 0 Å². The zero-order valence-electron chi connectivity index (χ0n) is 13.6. The Bertz CT molecular complexity index is 680. The maximum Gasteiger partial charge on any atom is 0.341 e. The Labute approximate surface area is 134 Å².